The summed E-state index contributed by atoms with van der Waals surface area (Å²) < 4.78 is 36.0. The van der Waals surface area contributed by atoms with Crippen LogP contribution in [-0.4, -0.2) is 42.3 Å². The minimum Gasteiger partial charge on any atom is -0.495 e. The Bertz CT molecular complexity index is 1180. The Balaban J connectivity index is 1.71. The van der Waals surface area contributed by atoms with Crippen LogP contribution in [0.25, 0.3) is 4.83 Å². The molecular formula is C21H27N3O3S2. The fraction of sp³-hybridized carbons (Fsp3) is 0.476. The van der Waals surface area contributed by atoms with Gasteiger partial charge >= 0.3 is 0 Å². The zero-order valence-corrected chi connectivity index (χ0v) is 19.2. The minimum absolute atomic E-state index is 0.0930. The predicted octanol–water partition coefficient (Wildman–Crippen LogP) is 4.21. The van der Waals surface area contributed by atoms with Crippen LogP contribution in [0.5, 0.6) is 5.75 Å². The van der Waals surface area contributed by atoms with Crippen LogP contribution in [0.15, 0.2) is 23.1 Å². The predicted molar refractivity (Wildman–Crippen MR) is 116 cm³/mol. The number of fused-ring (bicyclic) bond motifs is 1. The van der Waals surface area contributed by atoms with Crippen molar-refractivity contribution in [1.29, 1.82) is 0 Å². The van der Waals surface area contributed by atoms with E-state index in [1.807, 2.05) is 19.9 Å². The average molecular weight is 434 g/mol. The normalized spacial score (nSPS) is 18.4. The van der Waals surface area contributed by atoms with Crippen molar-refractivity contribution < 1.29 is 13.2 Å². The van der Waals surface area contributed by atoms with Gasteiger partial charge in [0.25, 0.3) is 0 Å². The first-order valence-electron chi connectivity index (χ1n) is 9.83. The summed E-state index contributed by atoms with van der Waals surface area (Å²) in [6.07, 6.45) is 1.76. The van der Waals surface area contributed by atoms with Gasteiger partial charge in [0.05, 0.1) is 12.8 Å². The maximum Gasteiger partial charge on any atom is 0.246 e. The summed E-state index contributed by atoms with van der Waals surface area (Å²) in [5.74, 6) is 1.45. The highest BCUT2D eigenvalue weighted by Gasteiger charge is 2.35. The van der Waals surface area contributed by atoms with Crippen LogP contribution in [0, 0.1) is 27.7 Å². The molecule has 1 saturated heterocycles. The van der Waals surface area contributed by atoms with Crippen LogP contribution in [0.1, 0.15) is 46.4 Å². The molecule has 1 aromatic carbocycles. The number of aryl methyl sites for hydroxylation is 4. The number of methoxy groups -OCH3 is 1. The van der Waals surface area contributed by atoms with Crippen LogP contribution in [0.3, 0.4) is 0 Å². The van der Waals surface area contributed by atoms with Gasteiger partial charge in [0, 0.05) is 29.6 Å². The fourth-order valence-electron chi connectivity index (χ4n) is 4.18. The summed E-state index contributed by atoms with van der Waals surface area (Å²) >= 11 is 1.75. The molecule has 6 nitrogen and oxygen atoms in total. The van der Waals surface area contributed by atoms with Crippen LogP contribution in [0.4, 0.5) is 0 Å². The second-order valence-corrected chi connectivity index (χ2v) is 10.9. The van der Waals surface area contributed by atoms with Crippen molar-refractivity contribution in [3.63, 3.8) is 0 Å². The second kappa shape index (κ2) is 7.41. The molecule has 1 aliphatic heterocycles. The first kappa shape index (κ1) is 20.4. The van der Waals surface area contributed by atoms with E-state index >= 15 is 0 Å². The van der Waals surface area contributed by atoms with Gasteiger partial charge in [-0.25, -0.2) is 13.4 Å². The van der Waals surface area contributed by atoms with Gasteiger partial charge in [-0.15, -0.1) is 11.3 Å². The molecule has 1 aliphatic rings. The maximum absolute atomic E-state index is 13.4. The number of nitrogens with zero attached hydrogens (tertiary/aromatic N) is 3. The molecule has 1 atom stereocenters. The Morgan fingerprint density at radius 2 is 1.97 bits per heavy atom. The van der Waals surface area contributed by atoms with Gasteiger partial charge in [0.15, 0.2) is 0 Å². The van der Waals surface area contributed by atoms with E-state index in [-0.39, 0.29) is 10.8 Å². The molecule has 0 saturated carbocycles. The Hall–Kier alpha value is -1.90. The molecule has 29 heavy (non-hydrogen) atoms. The summed E-state index contributed by atoms with van der Waals surface area (Å²) in [5.41, 5.74) is 3.14. The van der Waals surface area contributed by atoms with Gasteiger partial charge in [-0.1, -0.05) is 6.07 Å². The molecular weight excluding hydrogens is 406 g/mol. The van der Waals surface area contributed by atoms with Crippen LogP contribution < -0.4 is 4.74 Å². The molecule has 1 fully saturated rings. The Kier molecular flexibility index (Phi) is 5.21. The van der Waals surface area contributed by atoms with Gasteiger partial charge in [-0.3, -0.25) is 4.40 Å². The Morgan fingerprint density at radius 3 is 2.69 bits per heavy atom. The lowest BCUT2D eigenvalue weighted by Crippen LogP contribution is -2.39. The van der Waals surface area contributed by atoms with Gasteiger partial charge in [-0.2, -0.15) is 4.31 Å². The third kappa shape index (κ3) is 3.37. The molecule has 0 spiro atoms. The van der Waals surface area contributed by atoms with E-state index in [2.05, 4.69) is 18.2 Å². The molecule has 3 heterocycles. The lowest BCUT2D eigenvalue weighted by atomic mass is 9.97. The van der Waals surface area contributed by atoms with Gasteiger partial charge < -0.3 is 4.74 Å². The number of rotatable bonds is 4. The van der Waals surface area contributed by atoms with Crippen molar-refractivity contribution >= 4 is 26.2 Å². The quantitative estimate of drug-likeness (QED) is 0.618. The highest BCUT2D eigenvalue weighted by atomic mass is 32.2. The Morgan fingerprint density at radius 1 is 1.21 bits per heavy atom. The number of thiazole rings is 1. The van der Waals surface area contributed by atoms with Crippen LogP contribution >= 0.6 is 11.3 Å². The van der Waals surface area contributed by atoms with Crippen molar-refractivity contribution in [2.75, 3.05) is 20.2 Å². The third-order valence-corrected chi connectivity index (χ3v) is 8.90. The smallest absolute Gasteiger partial charge is 0.246 e. The number of aromatic nitrogens is 2. The topological polar surface area (TPSA) is 63.9 Å². The number of piperidine rings is 1. The lowest BCUT2D eigenvalue weighted by molar-refractivity contribution is 0.312. The highest BCUT2D eigenvalue weighted by Crippen LogP contribution is 2.37. The van der Waals surface area contributed by atoms with Crippen LogP contribution in [-0.2, 0) is 10.0 Å². The molecule has 0 unspecified atom stereocenters. The standard InChI is InChI=1S/C21H27N3O3S2/c1-13-8-9-18(27-5)19(11-13)29(25,26)23-10-6-7-17(12-23)20-21-24(16(4)22-20)14(2)15(3)28-21/h8-9,11,17H,6-7,10,12H2,1-5H3/t17-/m1/s1. The van der Waals surface area contributed by atoms with E-state index in [1.54, 1.807) is 27.8 Å². The van der Waals surface area contributed by atoms with Crippen molar-refractivity contribution in [3.05, 3.63) is 45.9 Å². The minimum atomic E-state index is -3.64. The number of sulfonamides is 1. The van der Waals surface area contributed by atoms with E-state index in [0.717, 1.165) is 34.8 Å². The van der Waals surface area contributed by atoms with E-state index in [4.69, 9.17) is 9.72 Å². The summed E-state index contributed by atoms with van der Waals surface area (Å²) in [7, 11) is -2.13. The molecule has 4 rings (SSSR count). The van der Waals surface area contributed by atoms with Crippen molar-refractivity contribution in [2.24, 2.45) is 0 Å². The summed E-state index contributed by atoms with van der Waals surface area (Å²) in [6.45, 7) is 9.11. The average Bonchev–Trinajstić information content (AvgIpc) is 3.18. The number of ether oxygens (including phenoxy) is 1. The van der Waals surface area contributed by atoms with Crippen LogP contribution in [0.2, 0.25) is 0 Å². The first-order valence-corrected chi connectivity index (χ1v) is 12.1. The van der Waals surface area contributed by atoms with E-state index in [1.165, 1.54) is 17.7 Å². The molecule has 3 aromatic rings. The monoisotopic (exact) mass is 433 g/mol. The summed E-state index contributed by atoms with van der Waals surface area (Å²) in [6, 6.07) is 5.29. The van der Waals surface area contributed by atoms with Gasteiger partial charge in [0.1, 0.15) is 21.3 Å². The van der Waals surface area contributed by atoms with E-state index in [0.29, 0.717) is 18.8 Å². The molecule has 0 bridgehead atoms. The fourth-order valence-corrected chi connectivity index (χ4v) is 7.15. The van der Waals surface area contributed by atoms with Gasteiger partial charge in [0.2, 0.25) is 10.0 Å². The SMILES string of the molecule is COc1ccc(C)cc1S(=O)(=O)N1CCC[C@@H](c2nc(C)n3c(C)c(C)sc23)C1. The van der Waals surface area contributed by atoms with E-state index < -0.39 is 10.0 Å². The number of benzene rings is 1. The Labute approximate surface area is 176 Å². The molecule has 8 heteroatoms. The maximum atomic E-state index is 13.4. The highest BCUT2D eigenvalue weighted by molar-refractivity contribution is 7.89. The zero-order chi connectivity index (χ0) is 20.9. The van der Waals surface area contributed by atoms with Crippen molar-refractivity contribution in [2.45, 2.75) is 51.3 Å². The molecule has 2 aromatic heterocycles. The molecule has 0 amide bonds. The number of hydrogen-bond acceptors (Lipinski definition) is 5. The zero-order valence-electron chi connectivity index (χ0n) is 17.5. The van der Waals surface area contributed by atoms with E-state index in [9.17, 15) is 8.42 Å². The first-order chi connectivity index (χ1) is 13.7. The summed E-state index contributed by atoms with van der Waals surface area (Å²) in [4.78, 5) is 7.51. The molecule has 156 valence electrons. The largest absolute Gasteiger partial charge is 0.495 e. The lowest BCUT2D eigenvalue weighted by Gasteiger charge is -2.31. The molecule has 0 aliphatic carbocycles. The number of hydrogen-bond donors (Lipinski definition) is 0. The third-order valence-electron chi connectivity index (χ3n) is 5.83. The number of imidazole rings is 1. The summed E-state index contributed by atoms with van der Waals surface area (Å²) in [5, 5.41) is 0. The second-order valence-electron chi connectivity index (χ2n) is 7.78. The van der Waals surface area contributed by atoms with Crippen molar-refractivity contribution in [3.8, 4) is 5.75 Å². The molecule has 0 N–H and O–H groups in total. The molecule has 0 radical (unpaired) electrons. The van der Waals surface area contributed by atoms with Gasteiger partial charge in [-0.05, 0) is 58.2 Å². The van der Waals surface area contributed by atoms with Crippen molar-refractivity contribution in [1.82, 2.24) is 13.7 Å².